The fourth-order valence-electron chi connectivity index (χ4n) is 1.45. The Labute approximate surface area is 126 Å². The minimum atomic E-state index is -3.84. The van der Waals surface area contributed by atoms with E-state index < -0.39 is 14.9 Å². The third-order valence-electron chi connectivity index (χ3n) is 2.41. The molecule has 0 fully saturated rings. The maximum absolute atomic E-state index is 12.0. The number of nitro groups is 1. The average Bonchev–Trinajstić information content (AvgIpc) is 2.42. The average molecular weight is 339 g/mol. The van der Waals surface area contributed by atoms with E-state index in [2.05, 4.69) is 4.72 Å². The number of nitrogens with one attached hydrogen (secondary N) is 1. The van der Waals surface area contributed by atoms with Crippen LogP contribution in [0.25, 0.3) is 0 Å². The van der Waals surface area contributed by atoms with Gasteiger partial charge in [-0.1, -0.05) is 11.6 Å². The maximum atomic E-state index is 12.0. The first-order chi connectivity index (χ1) is 9.88. The van der Waals surface area contributed by atoms with Crippen LogP contribution in [0.5, 0.6) is 0 Å². The molecule has 2 N–H and O–H groups in total. The van der Waals surface area contributed by atoms with Gasteiger partial charge >= 0.3 is 0 Å². The second-order valence-electron chi connectivity index (χ2n) is 3.96. The van der Waals surface area contributed by atoms with Gasteiger partial charge in [-0.25, -0.2) is 13.1 Å². The monoisotopic (exact) mass is 338 g/mol. The normalized spacial score (nSPS) is 11.5. The third kappa shape index (κ3) is 5.56. The predicted octanol–water partition coefficient (Wildman–Crippen LogP) is 0.925. The van der Waals surface area contributed by atoms with Gasteiger partial charge in [-0.3, -0.25) is 10.1 Å². The van der Waals surface area contributed by atoms with Crippen LogP contribution in [0.15, 0.2) is 23.1 Å². The predicted molar refractivity (Wildman–Crippen MR) is 75.8 cm³/mol. The van der Waals surface area contributed by atoms with Crippen LogP contribution in [-0.2, 0) is 14.8 Å². The molecule has 0 spiro atoms. The summed E-state index contributed by atoms with van der Waals surface area (Å²) in [6.07, 6.45) is 0.420. The standard InChI is InChI=1S/C11H15ClN2O6S/c12-10-8-9(14(16)17)2-3-11(10)21(18,19)13-4-1-6-20-7-5-15/h2-3,8,13,15H,1,4-7H2. The van der Waals surface area contributed by atoms with Crippen molar-refractivity contribution in [1.82, 2.24) is 4.72 Å². The van der Waals surface area contributed by atoms with Gasteiger partial charge in [0.2, 0.25) is 10.0 Å². The fourth-order valence-corrected chi connectivity index (χ4v) is 3.06. The zero-order chi connectivity index (χ0) is 15.9. The molecular formula is C11H15ClN2O6S. The summed E-state index contributed by atoms with van der Waals surface area (Å²) in [6.45, 7) is 0.531. The van der Waals surface area contributed by atoms with Gasteiger partial charge < -0.3 is 9.84 Å². The second kappa shape index (κ2) is 8.25. The highest BCUT2D eigenvalue weighted by molar-refractivity contribution is 7.89. The number of nitro benzene ring substituents is 1. The van der Waals surface area contributed by atoms with E-state index in [0.29, 0.717) is 13.0 Å². The maximum Gasteiger partial charge on any atom is 0.271 e. The number of hydrogen-bond donors (Lipinski definition) is 2. The first-order valence-electron chi connectivity index (χ1n) is 6.00. The first kappa shape index (κ1) is 17.8. The molecule has 0 heterocycles. The quantitative estimate of drug-likeness (QED) is 0.392. The van der Waals surface area contributed by atoms with E-state index in [1.165, 1.54) is 0 Å². The number of non-ortho nitro benzene ring substituents is 1. The van der Waals surface area contributed by atoms with Gasteiger partial charge in [0.05, 0.1) is 23.2 Å². The van der Waals surface area contributed by atoms with Crippen molar-refractivity contribution in [1.29, 1.82) is 0 Å². The molecule has 0 saturated carbocycles. The Hall–Kier alpha value is -1.26. The molecule has 118 valence electrons. The number of rotatable bonds is 9. The molecule has 0 unspecified atom stereocenters. The minimum Gasteiger partial charge on any atom is -0.394 e. The zero-order valence-electron chi connectivity index (χ0n) is 11.0. The Morgan fingerprint density at radius 2 is 2.10 bits per heavy atom. The van der Waals surface area contributed by atoms with Crippen LogP contribution in [0, 0.1) is 10.1 Å². The van der Waals surface area contributed by atoms with Crippen molar-refractivity contribution < 1.29 is 23.2 Å². The Kier molecular flexibility index (Phi) is 6.99. The molecule has 21 heavy (non-hydrogen) atoms. The molecule has 8 nitrogen and oxygen atoms in total. The van der Waals surface area contributed by atoms with E-state index in [4.69, 9.17) is 21.4 Å². The Bertz CT molecular complexity index is 592. The Balaban J connectivity index is 2.64. The highest BCUT2D eigenvalue weighted by Gasteiger charge is 2.19. The fraction of sp³-hybridized carbons (Fsp3) is 0.455. The summed E-state index contributed by atoms with van der Waals surface area (Å²) < 4.78 is 31.3. The molecular weight excluding hydrogens is 324 g/mol. The highest BCUT2D eigenvalue weighted by atomic mass is 35.5. The molecule has 0 radical (unpaired) electrons. The van der Waals surface area contributed by atoms with Crippen LogP contribution in [0.1, 0.15) is 6.42 Å². The lowest BCUT2D eigenvalue weighted by molar-refractivity contribution is -0.384. The van der Waals surface area contributed by atoms with Crippen molar-refractivity contribution in [3.63, 3.8) is 0 Å². The molecule has 0 aliphatic rings. The summed E-state index contributed by atoms with van der Waals surface area (Å²) in [7, 11) is -3.84. The van der Waals surface area contributed by atoms with Gasteiger partial charge in [0.1, 0.15) is 4.90 Å². The largest absolute Gasteiger partial charge is 0.394 e. The van der Waals surface area contributed by atoms with E-state index in [9.17, 15) is 18.5 Å². The number of aliphatic hydroxyl groups is 1. The SMILES string of the molecule is O=[N+]([O-])c1ccc(S(=O)(=O)NCCCOCCO)c(Cl)c1. The van der Waals surface area contributed by atoms with E-state index in [1.807, 2.05) is 0 Å². The molecule has 1 rings (SSSR count). The number of halogens is 1. The Morgan fingerprint density at radius 1 is 1.38 bits per heavy atom. The molecule has 1 aromatic rings. The lowest BCUT2D eigenvalue weighted by Gasteiger charge is -2.08. The lowest BCUT2D eigenvalue weighted by Crippen LogP contribution is -2.26. The molecule has 0 amide bonds. The molecule has 10 heteroatoms. The summed E-state index contributed by atoms with van der Waals surface area (Å²) in [4.78, 5) is 9.69. The van der Waals surface area contributed by atoms with Gasteiger partial charge in [-0.15, -0.1) is 0 Å². The number of hydrogen-bond acceptors (Lipinski definition) is 6. The molecule has 0 aliphatic heterocycles. The number of ether oxygens (including phenoxy) is 1. The zero-order valence-corrected chi connectivity index (χ0v) is 12.6. The lowest BCUT2D eigenvalue weighted by atomic mass is 10.3. The second-order valence-corrected chi connectivity index (χ2v) is 6.10. The van der Waals surface area contributed by atoms with Gasteiger partial charge in [-0.2, -0.15) is 0 Å². The van der Waals surface area contributed by atoms with Gasteiger partial charge in [0.25, 0.3) is 5.69 Å². The molecule has 0 atom stereocenters. The van der Waals surface area contributed by atoms with E-state index in [0.717, 1.165) is 18.2 Å². The van der Waals surface area contributed by atoms with Crippen LogP contribution in [0.4, 0.5) is 5.69 Å². The van der Waals surface area contributed by atoms with Crippen LogP contribution in [-0.4, -0.2) is 44.8 Å². The summed E-state index contributed by atoms with van der Waals surface area (Å²) in [5.41, 5.74) is -0.281. The third-order valence-corrected chi connectivity index (χ3v) is 4.35. The van der Waals surface area contributed by atoms with Crippen LogP contribution in [0.3, 0.4) is 0 Å². The number of aliphatic hydroxyl groups excluding tert-OH is 1. The van der Waals surface area contributed by atoms with Gasteiger partial charge in [0.15, 0.2) is 0 Å². The van der Waals surface area contributed by atoms with Crippen LogP contribution >= 0.6 is 11.6 Å². The van der Waals surface area contributed by atoms with E-state index in [-0.39, 0.29) is 35.4 Å². The van der Waals surface area contributed by atoms with Gasteiger partial charge in [0, 0.05) is 25.3 Å². The minimum absolute atomic E-state index is 0.0931. The first-order valence-corrected chi connectivity index (χ1v) is 7.87. The van der Waals surface area contributed by atoms with Crippen LogP contribution < -0.4 is 4.72 Å². The summed E-state index contributed by atoms with van der Waals surface area (Å²) in [6, 6.07) is 3.15. The smallest absolute Gasteiger partial charge is 0.271 e. The number of nitrogens with zero attached hydrogens (tertiary/aromatic N) is 1. The molecule has 0 saturated heterocycles. The van der Waals surface area contributed by atoms with Crippen LogP contribution in [0.2, 0.25) is 5.02 Å². The molecule has 0 aliphatic carbocycles. The summed E-state index contributed by atoms with van der Waals surface area (Å²) >= 11 is 5.76. The number of benzene rings is 1. The van der Waals surface area contributed by atoms with E-state index in [1.54, 1.807) is 0 Å². The molecule has 0 aromatic heterocycles. The molecule has 1 aromatic carbocycles. The van der Waals surface area contributed by atoms with E-state index >= 15 is 0 Å². The number of sulfonamides is 1. The summed E-state index contributed by atoms with van der Waals surface area (Å²) in [5, 5.41) is 18.8. The van der Waals surface area contributed by atoms with Gasteiger partial charge in [-0.05, 0) is 12.5 Å². The van der Waals surface area contributed by atoms with Crippen molar-refractivity contribution in [3.8, 4) is 0 Å². The molecule has 0 bridgehead atoms. The van der Waals surface area contributed by atoms with Crippen molar-refractivity contribution in [2.45, 2.75) is 11.3 Å². The Morgan fingerprint density at radius 3 is 2.67 bits per heavy atom. The summed E-state index contributed by atoms with van der Waals surface area (Å²) in [5.74, 6) is 0. The van der Waals surface area contributed by atoms with Crippen molar-refractivity contribution in [2.24, 2.45) is 0 Å². The topological polar surface area (TPSA) is 119 Å². The van der Waals surface area contributed by atoms with Crippen molar-refractivity contribution in [2.75, 3.05) is 26.4 Å². The van der Waals surface area contributed by atoms with Crippen molar-refractivity contribution in [3.05, 3.63) is 33.3 Å². The van der Waals surface area contributed by atoms with Crippen molar-refractivity contribution >= 4 is 27.3 Å². The highest BCUT2D eigenvalue weighted by Crippen LogP contribution is 2.25.